The third kappa shape index (κ3) is 3.01. The third-order valence-electron chi connectivity index (χ3n) is 2.54. The highest BCUT2D eigenvalue weighted by molar-refractivity contribution is 5.95. The van der Waals surface area contributed by atoms with E-state index in [0.29, 0.717) is 17.7 Å². The Bertz CT molecular complexity index is 446. The summed E-state index contributed by atoms with van der Waals surface area (Å²) in [5.41, 5.74) is 6.40. The number of nitro groups is 1. The molecule has 6 nitrogen and oxygen atoms in total. The van der Waals surface area contributed by atoms with Gasteiger partial charge in [0.1, 0.15) is 0 Å². The lowest BCUT2D eigenvalue weighted by molar-refractivity contribution is -0.385. The molecule has 0 aliphatic rings. The highest BCUT2D eigenvalue weighted by Gasteiger charge is 2.16. The Labute approximate surface area is 99.0 Å². The van der Waals surface area contributed by atoms with Crippen molar-refractivity contribution in [2.24, 2.45) is 5.73 Å². The minimum absolute atomic E-state index is 0.0205. The Kier molecular flexibility index (Phi) is 4.17. The summed E-state index contributed by atoms with van der Waals surface area (Å²) < 4.78 is 0. The summed E-state index contributed by atoms with van der Waals surface area (Å²) in [6.07, 6.45) is 0.514. The summed E-state index contributed by atoms with van der Waals surface area (Å²) >= 11 is 0. The van der Waals surface area contributed by atoms with Gasteiger partial charge >= 0.3 is 0 Å². The number of hydrogen-bond acceptors (Lipinski definition) is 4. The Hall–Kier alpha value is -1.95. The summed E-state index contributed by atoms with van der Waals surface area (Å²) in [5, 5.41) is 13.3. The van der Waals surface area contributed by atoms with Crippen molar-refractivity contribution in [3.8, 4) is 0 Å². The Morgan fingerprint density at radius 1 is 1.59 bits per heavy atom. The standard InChI is InChI=1S/C11H15N3O3/c1-3-8(12)11(15)13-9-5-4-6-10(7(9)2)14(16)17/h4-6,8H,3,12H2,1-2H3,(H,13,15)/t8-/m1/s1. The number of anilines is 1. The maximum atomic E-state index is 11.6. The second-order valence-corrected chi connectivity index (χ2v) is 3.71. The van der Waals surface area contributed by atoms with Gasteiger partial charge in [0.15, 0.2) is 0 Å². The number of carbonyl (C=O) groups is 1. The van der Waals surface area contributed by atoms with Crippen LogP contribution < -0.4 is 11.1 Å². The van der Waals surface area contributed by atoms with Crippen molar-refractivity contribution in [2.75, 3.05) is 5.32 Å². The number of benzene rings is 1. The molecule has 1 aromatic carbocycles. The zero-order valence-corrected chi connectivity index (χ0v) is 9.77. The molecule has 92 valence electrons. The number of nitro benzene ring substituents is 1. The van der Waals surface area contributed by atoms with Crippen LogP contribution in [-0.4, -0.2) is 16.9 Å². The fourth-order valence-corrected chi connectivity index (χ4v) is 1.37. The molecule has 0 saturated heterocycles. The van der Waals surface area contributed by atoms with Crippen LogP contribution in [0, 0.1) is 17.0 Å². The lowest BCUT2D eigenvalue weighted by Crippen LogP contribution is -2.35. The molecule has 0 spiro atoms. The monoisotopic (exact) mass is 237 g/mol. The van der Waals surface area contributed by atoms with E-state index in [1.165, 1.54) is 12.1 Å². The fraction of sp³-hybridized carbons (Fsp3) is 0.364. The molecule has 6 heteroatoms. The summed E-state index contributed by atoms with van der Waals surface area (Å²) in [6.45, 7) is 3.38. The van der Waals surface area contributed by atoms with Crippen molar-refractivity contribution in [3.63, 3.8) is 0 Å². The molecule has 0 radical (unpaired) electrons. The van der Waals surface area contributed by atoms with E-state index < -0.39 is 11.0 Å². The number of carbonyl (C=O) groups excluding carboxylic acids is 1. The van der Waals surface area contributed by atoms with Gasteiger partial charge in [-0.15, -0.1) is 0 Å². The first-order valence-corrected chi connectivity index (χ1v) is 5.27. The van der Waals surface area contributed by atoms with E-state index in [-0.39, 0.29) is 11.6 Å². The van der Waals surface area contributed by atoms with Crippen LogP contribution >= 0.6 is 0 Å². The minimum atomic E-state index is -0.603. The normalized spacial score (nSPS) is 11.9. The van der Waals surface area contributed by atoms with Gasteiger partial charge in [0, 0.05) is 6.07 Å². The molecule has 1 amide bonds. The van der Waals surface area contributed by atoms with E-state index in [2.05, 4.69) is 5.32 Å². The zero-order chi connectivity index (χ0) is 13.0. The summed E-state index contributed by atoms with van der Waals surface area (Å²) in [7, 11) is 0. The van der Waals surface area contributed by atoms with E-state index in [4.69, 9.17) is 5.73 Å². The molecule has 17 heavy (non-hydrogen) atoms. The number of hydrogen-bond donors (Lipinski definition) is 2. The van der Waals surface area contributed by atoms with Gasteiger partial charge in [0.05, 0.1) is 22.2 Å². The van der Waals surface area contributed by atoms with Crippen molar-refractivity contribution < 1.29 is 9.72 Å². The average molecular weight is 237 g/mol. The van der Waals surface area contributed by atoms with Gasteiger partial charge in [0.2, 0.25) is 5.91 Å². The molecule has 0 fully saturated rings. The molecule has 0 aliphatic carbocycles. The molecule has 0 aromatic heterocycles. The van der Waals surface area contributed by atoms with Gasteiger partial charge in [-0.3, -0.25) is 14.9 Å². The molecule has 1 aromatic rings. The van der Waals surface area contributed by atoms with Gasteiger partial charge in [-0.05, 0) is 19.4 Å². The number of rotatable bonds is 4. The van der Waals surface area contributed by atoms with Crippen molar-refractivity contribution in [1.29, 1.82) is 0 Å². The van der Waals surface area contributed by atoms with Gasteiger partial charge in [-0.2, -0.15) is 0 Å². The molecule has 0 aliphatic heterocycles. The van der Waals surface area contributed by atoms with Crippen LogP contribution in [0.15, 0.2) is 18.2 Å². The van der Waals surface area contributed by atoms with E-state index in [1.54, 1.807) is 19.9 Å². The number of nitrogens with one attached hydrogen (secondary N) is 1. The highest BCUT2D eigenvalue weighted by Crippen LogP contribution is 2.25. The quantitative estimate of drug-likeness (QED) is 0.613. The van der Waals surface area contributed by atoms with Crippen LogP contribution in [0.2, 0.25) is 0 Å². The van der Waals surface area contributed by atoms with Crippen molar-refractivity contribution in [2.45, 2.75) is 26.3 Å². The third-order valence-corrected chi connectivity index (χ3v) is 2.54. The van der Waals surface area contributed by atoms with Crippen LogP contribution in [0.1, 0.15) is 18.9 Å². The zero-order valence-electron chi connectivity index (χ0n) is 9.77. The lowest BCUT2D eigenvalue weighted by atomic mass is 10.1. The van der Waals surface area contributed by atoms with Gasteiger partial charge in [-0.1, -0.05) is 13.0 Å². The van der Waals surface area contributed by atoms with Crippen LogP contribution in [-0.2, 0) is 4.79 Å². The van der Waals surface area contributed by atoms with Gasteiger partial charge in [-0.25, -0.2) is 0 Å². The van der Waals surface area contributed by atoms with Crippen LogP contribution in [0.25, 0.3) is 0 Å². The first-order valence-electron chi connectivity index (χ1n) is 5.27. The second kappa shape index (κ2) is 5.40. The molecule has 1 rings (SSSR count). The maximum Gasteiger partial charge on any atom is 0.274 e. The molecule has 0 bridgehead atoms. The average Bonchev–Trinajstić information content (AvgIpc) is 2.30. The van der Waals surface area contributed by atoms with Crippen LogP contribution in [0.3, 0.4) is 0 Å². The first kappa shape index (κ1) is 13.1. The largest absolute Gasteiger partial charge is 0.324 e. The Balaban J connectivity index is 2.96. The van der Waals surface area contributed by atoms with E-state index in [1.807, 2.05) is 0 Å². The molecule has 0 unspecified atom stereocenters. The number of nitrogens with two attached hydrogens (primary N) is 1. The minimum Gasteiger partial charge on any atom is -0.324 e. The van der Waals surface area contributed by atoms with E-state index >= 15 is 0 Å². The predicted octanol–water partition coefficient (Wildman–Crippen LogP) is 1.58. The van der Waals surface area contributed by atoms with Crippen molar-refractivity contribution in [1.82, 2.24) is 0 Å². The lowest BCUT2D eigenvalue weighted by Gasteiger charge is -2.11. The number of amides is 1. The maximum absolute atomic E-state index is 11.6. The summed E-state index contributed by atoms with van der Waals surface area (Å²) in [4.78, 5) is 21.8. The topological polar surface area (TPSA) is 98.3 Å². The molecule has 1 atom stereocenters. The number of nitrogens with zero attached hydrogens (tertiary/aromatic N) is 1. The SMILES string of the molecule is CC[C@@H](N)C(=O)Nc1cccc([N+](=O)[O-])c1C. The molecule has 0 saturated carbocycles. The van der Waals surface area contributed by atoms with E-state index in [9.17, 15) is 14.9 Å². The summed E-state index contributed by atoms with van der Waals surface area (Å²) in [6, 6.07) is 3.93. The summed E-state index contributed by atoms with van der Waals surface area (Å²) in [5.74, 6) is -0.337. The molecule has 0 heterocycles. The first-order chi connectivity index (χ1) is 7.97. The van der Waals surface area contributed by atoms with Gasteiger partial charge < -0.3 is 11.1 Å². The van der Waals surface area contributed by atoms with Gasteiger partial charge in [0.25, 0.3) is 5.69 Å². The smallest absolute Gasteiger partial charge is 0.274 e. The Morgan fingerprint density at radius 2 is 2.24 bits per heavy atom. The Morgan fingerprint density at radius 3 is 2.76 bits per heavy atom. The van der Waals surface area contributed by atoms with Crippen LogP contribution in [0.5, 0.6) is 0 Å². The molecule has 3 N–H and O–H groups in total. The van der Waals surface area contributed by atoms with E-state index in [0.717, 1.165) is 0 Å². The van der Waals surface area contributed by atoms with Crippen molar-refractivity contribution in [3.05, 3.63) is 33.9 Å². The predicted molar refractivity (Wildman–Crippen MR) is 64.7 cm³/mol. The molecular weight excluding hydrogens is 222 g/mol. The van der Waals surface area contributed by atoms with Crippen molar-refractivity contribution >= 4 is 17.3 Å². The van der Waals surface area contributed by atoms with Crippen LogP contribution in [0.4, 0.5) is 11.4 Å². The highest BCUT2D eigenvalue weighted by atomic mass is 16.6. The second-order valence-electron chi connectivity index (χ2n) is 3.71. The fourth-order valence-electron chi connectivity index (χ4n) is 1.37. The molecular formula is C11H15N3O3.